The molecule has 0 radical (unpaired) electrons. The molecule has 3 aromatic carbocycles. The predicted molar refractivity (Wildman–Crippen MR) is 127 cm³/mol. The molecule has 6 rings (SSSR count). The molecule has 0 aliphatic heterocycles. The fraction of sp³-hybridized carbons (Fsp3) is 0.267. The van der Waals surface area contributed by atoms with Gasteiger partial charge in [-0.2, -0.15) is 0 Å². The van der Waals surface area contributed by atoms with Gasteiger partial charge < -0.3 is 10.2 Å². The molecule has 0 aromatic heterocycles. The Morgan fingerprint density at radius 2 is 0.882 bits per heavy atom. The summed E-state index contributed by atoms with van der Waals surface area (Å²) in [6, 6.07) is 17.0. The van der Waals surface area contributed by atoms with Crippen molar-refractivity contribution in [3.63, 3.8) is 0 Å². The molecule has 3 aromatic rings. The van der Waals surface area contributed by atoms with Gasteiger partial charge in [0, 0.05) is 11.1 Å². The summed E-state index contributed by atoms with van der Waals surface area (Å²) >= 11 is 0. The number of benzene rings is 3. The molecule has 0 spiro atoms. The van der Waals surface area contributed by atoms with Gasteiger partial charge in [-0.1, -0.05) is 72.2 Å². The second-order valence-electron chi connectivity index (χ2n) is 9.99. The third-order valence-corrected chi connectivity index (χ3v) is 6.44. The maximum atomic E-state index is 15.8. The summed E-state index contributed by atoms with van der Waals surface area (Å²) in [6.07, 6.45) is 0. The second-order valence-corrected chi connectivity index (χ2v) is 9.99. The fourth-order valence-corrected chi connectivity index (χ4v) is 5.28. The van der Waals surface area contributed by atoms with Crippen molar-refractivity contribution in [2.24, 2.45) is 0 Å². The first kappa shape index (κ1) is 22.4. The molecule has 34 heavy (non-hydrogen) atoms. The van der Waals surface area contributed by atoms with E-state index in [0.29, 0.717) is 22.3 Å². The lowest BCUT2D eigenvalue weighted by atomic mass is 9.47. The van der Waals surface area contributed by atoms with Crippen molar-refractivity contribution in [2.75, 3.05) is 0 Å². The Hall–Kier alpha value is -3.44. The van der Waals surface area contributed by atoms with Gasteiger partial charge in [-0.15, -0.1) is 0 Å². The minimum absolute atomic E-state index is 0.103. The highest BCUT2D eigenvalue weighted by molar-refractivity contribution is 5.82. The smallest absolute Gasteiger partial charge is 0.129 e. The molecule has 0 saturated heterocycles. The van der Waals surface area contributed by atoms with Crippen molar-refractivity contribution in [1.29, 1.82) is 0 Å². The zero-order valence-corrected chi connectivity index (χ0v) is 19.4. The molecule has 0 amide bonds. The van der Waals surface area contributed by atoms with Crippen LogP contribution < -0.4 is 0 Å². The third-order valence-electron chi connectivity index (χ3n) is 6.44. The van der Waals surface area contributed by atoms with Crippen LogP contribution >= 0.6 is 0 Å². The molecule has 0 atom stereocenters. The minimum atomic E-state index is -1.35. The fourth-order valence-electron chi connectivity index (χ4n) is 5.28. The van der Waals surface area contributed by atoms with E-state index in [1.54, 1.807) is 27.7 Å². The minimum Gasteiger partial charge on any atom is -0.378 e. The van der Waals surface area contributed by atoms with E-state index in [9.17, 15) is 10.2 Å². The highest BCUT2D eigenvalue weighted by Crippen LogP contribution is 2.62. The topological polar surface area (TPSA) is 40.5 Å². The van der Waals surface area contributed by atoms with Gasteiger partial charge in [0.2, 0.25) is 0 Å². The molecule has 4 heteroatoms. The van der Waals surface area contributed by atoms with Crippen LogP contribution in [-0.4, -0.2) is 21.4 Å². The van der Waals surface area contributed by atoms with E-state index >= 15 is 8.78 Å². The molecule has 0 saturated carbocycles. The van der Waals surface area contributed by atoms with Gasteiger partial charge in [0.1, 0.15) is 33.7 Å². The Morgan fingerprint density at radius 1 is 0.588 bits per heavy atom. The highest BCUT2D eigenvalue weighted by atomic mass is 19.1. The van der Waals surface area contributed by atoms with E-state index in [-0.39, 0.29) is 11.1 Å². The van der Waals surface area contributed by atoms with Crippen molar-refractivity contribution in [1.82, 2.24) is 0 Å². The molecule has 0 fully saturated rings. The number of rotatable bonds is 0. The number of halogens is 2. The normalized spacial score (nSPS) is 21.9. The zero-order valence-electron chi connectivity index (χ0n) is 19.4. The van der Waals surface area contributed by atoms with Crippen LogP contribution in [-0.2, 0) is 10.8 Å². The van der Waals surface area contributed by atoms with Crippen molar-refractivity contribution in [3.8, 4) is 23.7 Å². The lowest BCUT2D eigenvalue weighted by Gasteiger charge is -2.52. The summed E-state index contributed by atoms with van der Waals surface area (Å²) in [7, 11) is 0. The van der Waals surface area contributed by atoms with Crippen molar-refractivity contribution in [3.05, 3.63) is 106 Å². The van der Waals surface area contributed by atoms with E-state index < -0.39 is 33.7 Å². The molecular weight excluding hydrogens is 430 g/mol. The first-order valence-electron chi connectivity index (χ1n) is 11.1. The maximum absolute atomic E-state index is 15.8. The molecule has 0 heterocycles. The summed E-state index contributed by atoms with van der Waals surface area (Å²) < 4.78 is 31.6. The van der Waals surface area contributed by atoms with E-state index in [1.165, 1.54) is 0 Å². The summed E-state index contributed by atoms with van der Waals surface area (Å²) in [5.41, 5.74) is -2.43. The van der Waals surface area contributed by atoms with E-state index in [0.717, 1.165) is 12.1 Å². The number of aliphatic hydroxyl groups is 2. The Morgan fingerprint density at radius 3 is 1.15 bits per heavy atom. The van der Waals surface area contributed by atoms with Crippen molar-refractivity contribution < 1.29 is 19.0 Å². The Labute approximate surface area is 198 Å². The first-order valence-corrected chi connectivity index (χ1v) is 11.1. The molecule has 2 N–H and O–H groups in total. The van der Waals surface area contributed by atoms with E-state index in [2.05, 4.69) is 23.7 Å². The van der Waals surface area contributed by atoms with Crippen LogP contribution in [0.4, 0.5) is 8.78 Å². The summed E-state index contributed by atoms with van der Waals surface area (Å²) in [5.74, 6) is 10.9. The molecule has 0 unspecified atom stereocenters. The van der Waals surface area contributed by atoms with Crippen LogP contribution in [0.25, 0.3) is 0 Å². The Kier molecular flexibility index (Phi) is 4.62. The molecule has 2 nitrogen and oxygen atoms in total. The quantitative estimate of drug-likeness (QED) is 0.479. The Balaban J connectivity index is 2.08. The maximum Gasteiger partial charge on any atom is 0.129 e. The standard InChI is InChI=1S/C30H24F2O2/c1-27(2,33)15-17-29-19-9-5-7-11-21(19)30(18-16-28(3,4)34,22-12-8-6-10-20(22)29)26-24(32)14-13-23(31)25(26)29/h5-14,33-34H,1-4H3. The van der Waals surface area contributed by atoms with Crippen LogP contribution in [0.5, 0.6) is 0 Å². The van der Waals surface area contributed by atoms with Crippen LogP contribution in [0.3, 0.4) is 0 Å². The van der Waals surface area contributed by atoms with E-state index in [1.807, 2.05) is 48.5 Å². The van der Waals surface area contributed by atoms with Gasteiger partial charge in [-0.3, -0.25) is 0 Å². The van der Waals surface area contributed by atoms with Crippen molar-refractivity contribution >= 4 is 0 Å². The van der Waals surface area contributed by atoms with Gasteiger partial charge in [-0.25, -0.2) is 8.78 Å². The van der Waals surface area contributed by atoms with Gasteiger partial charge in [0.25, 0.3) is 0 Å². The molecule has 3 aliphatic carbocycles. The Bertz CT molecular complexity index is 1310. The largest absolute Gasteiger partial charge is 0.378 e. The second kappa shape index (κ2) is 7.03. The first-order chi connectivity index (χ1) is 15.9. The lowest BCUT2D eigenvalue weighted by Crippen LogP contribution is -2.51. The zero-order chi connectivity index (χ0) is 24.5. The summed E-state index contributed by atoms with van der Waals surface area (Å²) in [6.45, 7) is 6.23. The average Bonchev–Trinajstić information content (AvgIpc) is 2.78. The molecule has 2 bridgehead atoms. The van der Waals surface area contributed by atoms with Crippen LogP contribution in [0, 0.1) is 35.3 Å². The number of hydrogen-bond acceptors (Lipinski definition) is 2. The van der Waals surface area contributed by atoms with Crippen LogP contribution in [0.1, 0.15) is 61.1 Å². The summed E-state index contributed by atoms with van der Waals surface area (Å²) in [4.78, 5) is 0. The van der Waals surface area contributed by atoms with Crippen LogP contribution in [0.15, 0.2) is 60.7 Å². The molecular formula is C30H24F2O2. The summed E-state index contributed by atoms with van der Waals surface area (Å²) in [5, 5.41) is 20.9. The van der Waals surface area contributed by atoms with Gasteiger partial charge in [-0.05, 0) is 62.1 Å². The van der Waals surface area contributed by atoms with Gasteiger partial charge >= 0.3 is 0 Å². The SMILES string of the molecule is CC(C)(O)C#CC12c3ccccc3C(C#CC(C)(C)O)(c3ccccc31)c1c(F)ccc(F)c12. The van der Waals surface area contributed by atoms with E-state index in [4.69, 9.17) is 0 Å². The third kappa shape index (κ3) is 2.96. The van der Waals surface area contributed by atoms with Gasteiger partial charge in [0.05, 0.1) is 0 Å². The lowest BCUT2D eigenvalue weighted by molar-refractivity contribution is 0.142. The predicted octanol–water partition coefficient (Wildman–Crippen LogP) is 4.81. The van der Waals surface area contributed by atoms with Crippen LogP contribution in [0.2, 0.25) is 0 Å². The monoisotopic (exact) mass is 454 g/mol. The van der Waals surface area contributed by atoms with Gasteiger partial charge in [0.15, 0.2) is 0 Å². The molecule has 3 aliphatic rings. The average molecular weight is 455 g/mol. The van der Waals surface area contributed by atoms with Crippen molar-refractivity contribution in [2.45, 2.75) is 49.7 Å². The highest BCUT2D eigenvalue weighted by Gasteiger charge is 2.60. The molecule has 170 valence electrons. The number of hydrogen-bond donors (Lipinski definition) is 2.